The smallest absolute Gasteiger partial charge is 0.344 e. The van der Waals surface area contributed by atoms with Crippen molar-refractivity contribution in [3.8, 4) is 0 Å². The van der Waals surface area contributed by atoms with Crippen molar-refractivity contribution in [2.45, 2.75) is 20.3 Å². The highest BCUT2D eigenvalue weighted by Crippen LogP contribution is 2.04. The van der Waals surface area contributed by atoms with E-state index in [1.54, 1.807) is 0 Å². The molecule has 0 rings (SSSR count). The highest BCUT2D eigenvalue weighted by atomic mass is 16.6. The summed E-state index contributed by atoms with van der Waals surface area (Å²) in [4.78, 5) is 33.3. The maximum Gasteiger partial charge on any atom is 0.344 e. The Labute approximate surface area is 106 Å². The lowest BCUT2D eigenvalue weighted by molar-refractivity contribution is -0.157. The van der Waals surface area contributed by atoms with Crippen molar-refractivity contribution in [1.29, 1.82) is 0 Å². The molecule has 0 aromatic carbocycles. The first kappa shape index (κ1) is 16.1. The first-order valence-electron chi connectivity index (χ1n) is 5.44. The fourth-order valence-corrected chi connectivity index (χ4v) is 0.840. The predicted octanol–water partition coefficient (Wildman–Crippen LogP) is 0.848. The van der Waals surface area contributed by atoms with E-state index in [0.717, 1.165) is 0 Å². The van der Waals surface area contributed by atoms with Gasteiger partial charge in [-0.1, -0.05) is 20.4 Å². The third-order valence-electron chi connectivity index (χ3n) is 1.77. The van der Waals surface area contributed by atoms with E-state index in [2.05, 4.69) is 16.1 Å². The van der Waals surface area contributed by atoms with E-state index in [1.807, 2.05) is 13.8 Å². The molecule has 6 heteroatoms. The van der Waals surface area contributed by atoms with Crippen molar-refractivity contribution >= 4 is 17.9 Å². The summed E-state index contributed by atoms with van der Waals surface area (Å²) in [7, 11) is 1.18. The van der Waals surface area contributed by atoms with Crippen molar-refractivity contribution in [1.82, 2.24) is 0 Å². The van der Waals surface area contributed by atoms with Gasteiger partial charge in [0.1, 0.15) is 0 Å². The van der Waals surface area contributed by atoms with Crippen molar-refractivity contribution < 1.29 is 28.6 Å². The summed E-state index contributed by atoms with van der Waals surface area (Å²) >= 11 is 0. The summed E-state index contributed by atoms with van der Waals surface area (Å²) in [6.07, 6.45) is -0.312. The summed E-state index contributed by atoms with van der Waals surface area (Å²) in [6.45, 7) is 6.98. The SMILES string of the molecule is C=C(CC(=O)OCC(=O)OC)C(=O)OCC(C)C. The molecule has 0 amide bonds. The molecule has 18 heavy (non-hydrogen) atoms. The van der Waals surface area contributed by atoms with Gasteiger partial charge in [0, 0.05) is 5.57 Å². The van der Waals surface area contributed by atoms with Gasteiger partial charge < -0.3 is 14.2 Å². The average molecular weight is 258 g/mol. The fourth-order valence-electron chi connectivity index (χ4n) is 0.840. The lowest BCUT2D eigenvalue weighted by atomic mass is 10.2. The molecular weight excluding hydrogens is 240 g/mol. The Morgan fingerprint density at radius 3 is 2.22 bits per heavy atom. The first-order chi connectivity index (χ1) is 8.36. The highest BCUT2D eigenvalue weighted by Gasteiger charge is 2.15. The second-order valence-corrected chi connectivity index (χ2v) is 4.01. The van der Waals surface area contributed by atoms with Gasteiger partial charge in [-0.15, -0.1) is 0 Å². The van der Waals surface area contributed by atoms with Crippen molar-refractivity contribution in [3.05, 3.63) is 12.2 Å². The van der Waals surface area contributed by atoms with E-state index in [0.29, 0.717) is 0 Å². The van der Waals surface area contributed by atoms with E-state index in [-0.39, 0.29) is 24.5 Å². The monoisotopic (exact) mass is 258 g/mol. The number of esters is 3. The number of hydrogen-bond donors (Lipinski definition) is 0. The van der Waals surface area contributed by atoms with Crippen molar-refractivity contribution in [2.75, 3.05) is 20.3 Å². The van der Waals surface area contributed by atoms with Gasteiger partial charge in [0.05, 0.1) is 20.1 Å². The summed E-state index contributed by atoms with van der Waals surface area (Å²) in [6, 6.07) is 0. The minimum atomic E-state index is -0.730. The number of carbonyl (C=O) groups is 3. The number of carbonyl (C=O) groups excluding carboxylic acids is 3. The molecule has 0 saturated carbocycles. The van der Waals surface area contributed by atoms with Crippen LogP contribution in [0, 0.1) is 5.92 Å². The molecule has 0 aliphatic carbocycles. The molecular formula is C12H18O6. The molecule has 102 valence electrons. The van der Waals surface area contributed by atoms with Crippen LogP contribution in [0.25, 0.3) is 0 Å². The maximum atomic E-state index is 11.4. The zero-order chi connectivity index (χ0) is 14.1. The summed E-state index contributed by atoms with van der Waals surface area (Å²) in [5, 5.41) is 0. The van der Waals surface area contributed by atoms with Crippen LogP contribution in [0.5, 0.6) is 0 Å². The largest absolute Gasteiger partial charge is 0.466 e. The van der Waals surface area contributed by atoms with Gasteiger partial charge in [-0.2, -0.15) is 0 Å². The number of methoxy groups -OCH3 is 1. The second-order valence-electron chi connectivity index (χ2n) is 4.01. The Bertz CT molecular complexity index is 331. The lowest BCUT2D eigenvalue weighted by Gasteiger charge is -2.08. The van der Waals surface area contributed by atoms with Gasteiger partial charge in [-0.3, -0.25) is 4.79 Å². The van der Waals surface area contributed by atoms with Crippen LogP contribution in [0.1, 0.15) is 20.3 Å². The molecule has 0 aliphatic rings. The first-order valence-corrected chi connectivity index (χ1v) is 5.44. The Hall–Kier alpha value is -1.85. The molecule has 0 N–H and O–H groups in total. The molecule has 0 bridgehead atoms. The Morgan fingerprint density at radius 1 is 1.11 bits per heavy atom. The molecule has 0 radical (unpaired) electrons. The van der Waals surface area contributed by atoms with Crippen LogP contribution >= 0.6 is 0 Å². The van der Waals surface area contributed by atoms with E-state index >= 15 is 0 Å². The predicted molar refractivity (Wildman–Crippen MR) is 62.5 cm³/mol. The molecule has 0 heterocycles. The maximum absolute atomic E-state index is 11.4. The number of rotatable bonds is 7. The molecule has 0 atom stereocenters. The molecule has 0 saturated heterocycles. The van der Waals surface area contributed by atoms with Crippen molar-refractivity contribution in [2.24, 2.45) is 5.92 Å². The van der Waals surface area contributed by atoms with Gasteiger partial charge in [-0.25, -0.2) is 9.59 Å². The van der Waals surface area contributed by atoms with Gasteiger partial charge in [-0.05, 0) is 5.92 Å². The lowest BCUT2D eigenvalue weighted by Crippen LogP contribution is -2.18. The molecule has 0 fully saturated rings. The highest BCUT2D eigenvalue weighted by molar-refractivity contribution is 5.93. The zero-order valence-electron chi connectivity index (χ0n) is 10.9. The quantitative estimate of drug-likeness (QED) is 0.382. The summed E-state index contributed by atoms with van der Waals surface area (Å²) < 4.78 is 13.7. The van der Waals surface area contributed by atoms with Crippen LogP contribution in [0.15, 0.2) is 12.2 Å². The molecule has 0 unspecified atom stereocenters. The number of ether oxygens (including phenoxy) is 3. The Balaban J connectivity index is 3.96. The summed E-state index contributed by atoms with van der Waals surface area (Å²) in [5.41, 5.74) is -0.00878. The minimum absolute atomic E-state index is 0.00878. The molecule has 0 aromatic heterocycles. The van der Waals surface area contributed by atoms with E-state index < -0.39 is 24.5 Å². The Morgan fingerprint density at radius 2 is 1.72 bits per heavy atom. The Kier molecular flexibility index (Phi) is 7.42. The third-order valence-corrected chi connectivity index (χ3v) is 1.77. The van der Waals surface area contributed by atoms with Crippen LogP contribution in [-0.2, 0) is 28.6 Å². The fraction of sp³-hybridized carbons (Fsp3) is 0.583. The summed E-state index contributed by atoms with van der Waals surface area (Å²) in [5.74, 6) is -1.84. The van der Waals surface area contributed by atoms with Gasteiger partial charge in [0.15, 0.2) is 6.61 Å². The second kappa shape index (κ2) is 8.27. The van der Waals surface area contributed by atoms with E-state index in [1.165, 1.54) is 7.11 Å². The molecule has 0 aromatic rings. The van der Waals surface area contributed by atoms with Crippen LogP contribution < -0.4 is 0 Å². The van der Waals surface area contributed by atoms with Crippen LogP contribution in [0.3, 0.4) is 0 Å². The molecule has 0 aliphatic heterocycles. The molecule has 6 nitrogen and oxygen atoms in total. The zero-order valence-corrected chi connectivity index (χ0v) is 10.9. The van der Waals surface area contributed by atoms with Crippen LogP contribution in [0.4, 0.5) is 0 Å². The average Bonchev–Trinajstić information content (AvgIpc) is 2.32. The van der Waals surface area contributed by atoms with Gasteiger partial charge in [0.2, 0.25) is 0 Å². The van der Waals surface area contributed by atoms with Crippen LogP contribution in [-0.4, -0.2) is 38.2 Å². The minimum Gasteiger partial charge on any atom is -0.466 e. The third kappa shape index (κ3) is 7.43. The van der Waals surface area contributed by atoms with Crippen LogP contribution in [0.2, 0.25) is 0 Å². The number of hydrogen-bond acceptors (Lipinski definition) is 6. The van der Waals surface area contributed by atoms with Gasteiger partial charge >= 0.3 is 17.9 Å². The standard InChI is InChI=1S/C12H18O6/c1-8(2)6-18-12(15)9(3)5-10(13)17-7-11(14)16-4/h8H,3,5-7H2,1-2,4H3. The topological polar surface area (TPSA) is 78.9 Å². The molecule has 0 spiro atoms. The van der Waals surface area contributed by atoms with E-state index in [9.17, 15) is 14.4 Å². The van der Waals surface area contributed by atoms with E-state index in [4.69, 9.17) is 4.74 Å². The van der Waals surface area contributed by atoms with Crippen molar-refractivity contribution in [3.63, 3.8) is 0 Å². The normalized spacial score (nSPS) is 9.78. The van der Waals surface area contributed by atoms with Gasteiger partial charge in [0.25, 0.3) is 0 Å².